The largest absolute Gasteiger partial charge is 0.418 e. The van der Waals surface area contributed by atoms with Gasteiger partial charge < -0.3 is 10.0 Å². The summed E-state index contributed by atoms with van der Waals surface area (Å²) in [6, 6.07) is 2.80. The number of anilines is 1. The lowest BCUT2D eigenvalue weighted by atomic mass is 9.91. The van der Waals surface area contributed by atoms with Crippen molar-refractivity contribution in [3.63, 3.8) is 0 Å². The highest BCUT2D eigenvalue weighted by Gasteiger charge is 2.37. The zero-order chi connectivity index (χ0) is 17.4. The fourth-order valence-electron chi connectivity index (χ4n) is 2.82. The van der Waals surface area contributed by atoms with Gasteiger partial charge in [-0.1, -0.05) is 0 Å². The zero-order valence-corrected chi connectivity index (χ0v) is 13.4. The van der Waals surface area contributed by atoms with E-state index in [1.807, 2.05) is 0 Å². The Balaban J connectivity index is 2.36. The molecule has 1 saturated heterocycles. The van der Waals surface area contributed by atoms with Gasteiger partial charge >= 0.3 is 6.18 Å². The minimum atomic E-state index is -4.68. The van der Waals surface area contributed by atoms with Gasteiger partial charge in [-0.3, -0.25) is 0 Å². The van der Waals surface area contributed by atoms with Gasteiger partial charge in [-0.25, -0.2) is 13.6 Å². The van der Waals surface area contributed by atoms with Gasteiger partial charge in [-0.15, -0.1) is 0 Å². The smallest absolute Gasteiger partial charge is 0.393 e. The quantitative estimate of drug-likeness (QED) is 0.871. The summed E-state index contributed by atoms with van der Waals surface area (Å²) in [7, 11) is -4.20. The Bertz CT molecular complexity index is 666. The van der Waals surface area contributed by atoms with Crippen molar-refractivity contribution in [2.75, 3.05) is 18.0 Å². The molecule has 0 spiro atoms. The van der Waals surface area contributed by atoms with E-state index >= 15 is 0 Å². The first kappa shape index (κ1) is 18.0. The van der Waals surface area contributed by atoms with E-state index in [1.54, 1.807) is 11.8 Å². The molecule has 0 amide bonds. The van der Waals surface area contributed by atoms with Gasteiger partial charge in [0.05, 0.1) is 16.6 Å². The number of aliphatic hydroxyl groups is 1. The minimum absolute atomic E-state index is 0.0595. The van der Waals surface area contributed by atoms with Crippen molar-refractivity contribution < 1.29 is 26.7 Å². The number of hydrogen-bond acceptors (Lipinski definition) is 4. The Morgan fingerprint density at radius 1 is 1.30 bits per heavy atom. The molecule has 0 saturated carbocycles. The number of aliphatic hydroxyl groups excluding tert-OH is 1. The third-order valence-electron chi connectivity index (χ3n) is 4.16. The van der Waals surface area contributed by atoms with Crippen LogP contribution >= 0.6 is 0 Å². The van der Waals surface area contributed by atoms with E-state index in [0.29, 0.717) is 32.0 Å². The van der Waals surface area contributed by atoms with Crippen LogP contribution in [0.4, 0.5) is 18.9 Å². The second-order valence-corrected chi connectivity index (χ2v) is 7.35. The second-order valence-electron chi connectivity index (χ2n) is 5.79. The number of primary sulfonamides is 1. The van der Waals surface area contributed by atoms with E-state index in [2.05, 4.69) is 0 Å². The van der Waals surface area contributed by atoms with Crippen LogP contribution in [-0.4, -0.2) is 32.7 Å². The monoisotopic (exact) mass is 352 g/mol. The van der Waals surface area contributed by atoms with Crippen LogP contribution in [0.3, 0.4) is 0 Å². The Labute approximate surface area is 132 Å². The number of halogens is 3. The van der Waals surface area contributed by atoms with Crippen molar-refractivity contribution in [3.8, 4) is 0 Å². The van der Waals surface area contributed by atoms with Crippen LogP contribution in [0.1, 0.15) is 25.3 Å². The van der Waals surface area contributed by atoms with E-state index in [4.69, 9.17) is 5.14 Å². The van der Waals surface area contributed by atoms with E-state index in [1.165, 1.54) is 0 Å². The molecule has 1 aromatic rings. The first-order chi connectivity index (χ1) is 10.5. The van der Waals surface area contributed by atoms with Gasteiger partial charge in [0.2, 0.25) is 10.0 Å². The maximum Gasteiger partial charge on any atom is 0.418 e. The molecule has 5 nitrogen and oxygen atoms in total. The predicted octanol–water partition coefficient (Wildman–Crippen LogP) is 1.95. The van der Waals surface area contributed by atoms with E-state index < -0.39 is 32.8 Å². The number of sulfonamides is 1. The Kier molecular flexibility index (Phi) is 4.93. The summed E-state index contributed by atoms with van der Waals surface area (Å²) < 4.78 is 62.4. The fraction of sp³-hybridized carbons (Fsp3) is 0.571. The topological polar surface area (TPSA) is 83.6 Å². The molecule has 0 aliphatic carbocycles. The van der Waals surface area contributed by atoms with Crippen LogP contribution in [0.15, 0.2) is 23.1 Å². The molecule has 23 heavy (non-hydrogen) atoms. The number of nitrogens with two attached hydrogens (primary N) is 1. The van der Waals surface area contributed by atoms with E-state index in [-0.39, 0.29) is 11.6 Å². The Hall–Kier alpha value is -1.32. The summed E-state index contributed by atoms with van der Waals surface area (Å²) in [4.78, 5) is 1.00. The average molecular weight is 352 g/mol. The van der Waals surface area contributed by atoms with Crippen LogP contribution in [0.5, 0.6) is 0 Å². The van der Waals surface area contributed by atoms with E-state index in [0.717, 1.165) is 12.1 Å². The van der Waals surface area contributed by atoms with Crippen molar-refractivity contribution in [1.82, 2.24) is 0 Å². The second kappa shape index (κ2) is 6.29. The molecule has 9 heteroatoms. The number of piperidine rings is 1. The van der Waals surface area contributed by atoms with Crippen molar-refractivity contribution in [2.24, 2.45) is 11.1 Å². The highest BCUT2D eigenvalue weighted by molar-refractivity contribution is 7.89. The van der Waals surface area contributed by atoms with Crippen LogP contribution in [0.2, 0.25) is 0 Å². The van der Waals surface area contributed by atoms with Gasteiger partial charge in [0.1, 0.15) is 0 Å². The van der Waals surface area contributed by atoms with Gasteiger partial charge in [0.25, 0.3) is 0 Å². The zero-order valence-electron chi connectivity index (χ0n) is 12.5. The summed E-state index contributed by atoms with van der Waals surface area (Å²) in [6.45, 7) is 2.41. The van der Waals surface area contributed by atoms with Gasteiger partial charge in [-0.2, -0.15) is 13.2 Å². The third-order valence-corrected chi connectivity index (χ3v) is 5.08. The number of alkyl halides is 3. The van der Waals surface area contributed by atoms with Crippen LogP contribution < -0.4 is 10.0 Å². The molecule has 0 bridgehead atoms. The molecule has 3 N–H and O–H groups in total. The average Bonchev–Trinajstić information content (AvgIpc) is 2.45. The molecule has 0 radical (unpaired) electrons. The molecule has 1 heterocycles. The number of nitrogens with zero attached hydrogens (tertiary/aromatic N) is 1. The predicted molar refractivity (Wildman–Crippen MR) is 79.4 cm³/mol. The Morgan fingerprint density at radius 2 is 1.87 bits per heavy atom. The molecular formula is C14H19F3N2O3S. The molecule has 1 atom stereocenters. The summed E-state index contributed by atoms with van der Waals surface area (Å²) in [5.74, 6) is 0.0595. The molecule has 1 aromatic carbocycles. The molecule has 130 valence electrons. The molecule has 1 unspecified atom stereocenters. The van der Waals surface area contributed by atoms with Crippen molar-refractivity contribution in [1.29, 1.82) is 0 Å². The Morgan fingerprint density at radius 3 is 2.30 bits per heavy atom. The van der Waals surface area contributed by atoms with Crippen molar-refractivity contribution in [3.05, 3.63) is 23.8 Å². The normalized spacial score (nSPS) is 19.0. The first-order valence-electron chi connectivity index (χ1n) is 7.17. The number of hydrogen-bond donors (Lipinski definition) is 2. The number of benzene rings is 1. The van der Waals surface area contributed by atoms with Gasteiger partial charge in [0.15, 0.2) is 0 Å². The third kappa shape index (κ3) is 4.15. The summed E-state index contributed by atoms with van der Waals surface area (Å²) in [5, 5.41) is 14.5. The lowest BCUT2D eigenvalue weighted by molar-refractivity contribution is -0.137. The molecule has 1 aliphatic heterocycles. The summed E-state index contributed by atoms with van der Waals surface area (Å²) in [5.41, 5.74) is -1.08. The van der Waals surface area contributed by atoms with Gasteiger partial charge in [0, 0.05) is 18.8 Å². The standard InChI is InChI=1S/C14H19F3N2O3S/c1-9(20)10-4-6-19(7-5-10)13-3-2-11(23(18,21)22)8-12(13)14(15,16)17/h2-3,8-10,20H,4-7H2,1H3,(H2,18,21,22). The molecular weight excluding hydrogens is 333 g/mol. The lowest BCUT2D eigenvalue weighted by Gasteiger charge is -2.36. The van der Waals surface area contributed by atoms with Crippen molar-refractivity contribution in [2.45, 2.75) is 36.9 Å². The molecule has 0 aromatic heterocycles. The lowest BCUT2D eigenvalue weighted by Crippen LogP contribution is -2.38. The SMILES string of the molecule is CC(O)C1CCN(c2ccc(S(N)(=O)=O)cc2C(F)(F)F)CC1. The maximum atomic E-state index is 13.3. The molecule has 1 fully saturated rings. The van der Waals surface area contributed by atoms with Crippen LogP contribution in [0, 0.1) is 5.92 Å². The fourth-order valence-corrected chi connectivity index (χ4v) is 3.36. The minimum Gasteiger partial charge on any atom is -0.393 e. The van der Waals surface area contributed by atoms with Gasteiger partial charge in [-0.05, 0) is 43.9 Å². The van der Waals surface area contributed by atoms with Crippen molar-refractivity contribution >= 4 is 15.7 Å². The molecule has 2 rings (SSSR count). The summed E-state index contributed by atoms with van der Waals surface area (Å²) >= 11 is 0. The van der Waals surface area contributed by atoms with Crippen LogP contribution in [-0.2, 0) is 16.2 Å². The summed E-state index contributed by atoms with van der Waals surface area (Å²) in [6.07, 6.45) is -4.03. The highest BCUT2D eigenvalue weighted by atomic mass is 32.2. The maximum absolute atomic E-state index is 13.3. The van der Waals surface area contributed by atoms with E-state index in [9.17, 15) is 26.7 Å². The molecule has 1 aliphatic rings. The number of rotatable bonds is 3. The first-order valence-corrected chi connectivity index (χ1v) is 8.72. The van der Waals surface area contributed by atoms with Crippen LogP contribution in [0.25, 0.3) is 0 Å². The highest BCUT2D eigenvalue weighted by Crippen LogP contribution is 2.39.